The quantitative estimate of drug-likeness (QED) is 0.202. The maximum absolute atomic E-state index is 4.52. The minimum absolute atomic E-state index is 0.909. The average Bonchev–Trinajstić information content (AvgIpc) is 3.53. The molecule has 0 amide bonds. The van der Waals surface area contributed by atoms with Gasteiger partial charge < -0.3 is 9.13 Å². The van der Waals surface area contributed by atoms with Gasteiger partial charge in [0.2, 0.25) is 0 Å². The number of nitrogens with zero attached hydrogens (tertiary/aromatic N) is 3. The molecule has 8 rings (SSSR count). The van der Waals surface area contributed by atoms with Crippen LogP contribution in [-0.2, 0) is 0 Å². The molecular formula is C37H25N3S. The second-order valence-corrected chi connectivity index (χ2v) is 11.3. The van der Waals surface area contributed by atoms with E-state index >= 15 is 0 Å². The first-order valence-electron chi connectivity index (χ1n) is 13.6. The van der Waals surface area contributed by atoms with Crippen LogP contribution in [0.2, 0.25) is 0 Å². The lowest BCUT2D eigenvalue weighted by Crippen LogP contribution is -2.01. The second kappa shape index (κ2) is 9.26. The number of hydrogen-bond donors (Lipinski definition) is 0. The molecule has 4 aromatic carbocycles. The van der Waals surface area contributed by atoms with Gasteiger partial charge in [0.1, 0.15) is 0 Å². The standard InChI is InChI=1S/C37H25N3S/c1-24(26-19-21-38-22-20-26)11-3-4-12-25(2)39-29-15-7-5-13-27(29)35-32(39)23-34-37-36(35)28-14-6-8-16-30(28)40(37)31-17-9-10-18-33(31)41-34/h3-23H,1-2H2/b11-3+,12-4+. The Kier molecular flexibility index (Phi) is 5.37. The van der Waals surface area contributed by atoms with Gasteiger partial charge in [-0.25, -0.2) is 0 Å². The molecule has 194 valence electrons. The predicted molar refractivity (Wildman–Crippen MR) is 175 cm³/mol. The Hall–Kier alpha value is -5.06. The fourth-order valence-corrected chi connectivity index (χ4v) is 7.25. The summed E-state index contributed by atoms with van der Waals surface area (Å²) in [6.45, 7) is 8.71. The van der Waals surface area contributed by atoms with Crippen molar-refractivity contribution in [3.05, 3.63) is 146 Å². The molecule has 4 heteroatoms. The molecule has 0 atom stereocenters. The van der Waals surface area contributed by atoms with Gasteiger partial charge in [0, 0.05) is 49.4 Å². The number of pyridine rings is 1. The number of hydrogen-bond acceptors (Lipinski definition) is 2. The molecule has 4 heterocycles. The van der Waals surface area contributed by atoms with Crippen molar-refractivity contribution in [1.29, 1.82) is 0 Å². The smallest absolute Gasteiger partial charge is 0.0688 e. The largest absolute Gasteiger partial charge is 0.310 e. The molecular weight excluding hydrogens is 518 g/mol. The van der Waals surface area contributed by atoms with Crippen LogP contribution in [0.4, 0.5) is 0 Å². The van der Waals surface area contributed by atoms with E-state index in [1.165, 1.54) is 53.6 Å². The summed E-state index contributed by atoms with van der Waals surface area (Å²) in [6, 6.07) is 32.5. The Labute approximate surface area is 242 Å². The van der Waals surface area contributed by atoms with Crippen molar-refractivity contribution in [1.82, 2.24) is 14.1 Å². The van der Waals surface area contributed by atoms with Gasteiger partial charge in [-0.1, -0.05) is 91.7 Å². The highest BCUT2D eigenvalue weighted by molar-refractivity contribution is 7.99. The molecule has 0 aliphatic carbocycles. The van der Waals surface area contributed by atoms with Gasteiger partial charge in [-0.15, -0.1) is 0 Å². The highest BCUT2D eigenvalue weighted by Crippen LogP contribution is 2.51. The molecule has 0 unspecified atom stereocenters. The summed E-state index contributed by atoms with van der Waals surface area (Å²) in [6.07, 6.45) is 11.7. The SMILES string of the molecule is C=C(/C=C/C=C/C(=C)n1c2ccccc2c2c3c4ccccc4n4c3c(cc21)Sc1ccccc1-4)c1ccncc1. The molecule has 0 N–H and O–H groups in total. The van der Waals surface area contributed by atoms with Gasteiger partial charge in [-0.2, -0.15) is 0 Å². The van der Waals surface area contributed by atoms with Crippen molar-refractivity contribution in [2.45, 2.75) is 9.79 Å². The van der Waals surface area contributed by atoms with Crippen molar-refractivity contribution in [3.63, 3.8) is 0 Å². The van der Waals surface area contributed by atoms with Crippen LogP contribution < -0.4 is 0 Å². The van der Waals surface area contributed by atoms with E-state index in [9.17, 15) is 0 Å². The number of benzene rings is 4. The van der Waals surface area contributed by atoms with Crippen LogP contribution in [0, 0.1) is 0 Å². The fraction of sp³-hybridized carbons (Fsp3) is 0. The average molecular weight is 544 g/mol. The van der Waals surface area contributed by atoms with Gasteiger partial charge in [0.15, 0.2) is 0 Å². The van der Waals surface area contributed by atoms with Crippen LogP contribution >= 0.6 is 11.8 Å². The van der Waals surface area contributed by atoms with Crippen LogP contribution in [0.15, 0.2) is 151 Å². The predicted octanol–water partition coefficient (Wildman–Crippen LogP) is 10.0. The summed E-state index contributed by atoms with van der Waals surface area (Å²) in [5.41, 5.74) is 8.99. The topological polar surface area (TPSA) is 22.8 Å². The lowest BCUT2D eigenvalue weighted by Gasteiger charge is -2.20. The number of allylic oxidation sites excluding steroid dienone is 6. The summed E-state index contributed by atoms with van der Waals surface area (Å²) in [4.78, 5) is 6.62. The van der Waals surface area contributed by atoms with E-state index in [0.717, 1.165) is 22.4 Å². The zero-order chi connectivity index (χ0) is 27.5. The highest BCUT2D eigenvalue weighted by Gasteiger charge is 2.27. The summed E-state index contributed by atoms with van der Waals surface area (Å²) in [5.74, 6) is 0. The molecule has 0 saturated carbocycles. The van der Waals surface area contributed by atoms with Crippen LogP contribution in [-0.4, -0.2) is 14.1 Å². The molecule has 0 radical (unpaired) electrons. The van der Waals surface area contributed by atoms with E-state index in [2.05, 4.69) is 112 Å². The maximum atomic E-state index is 4.52. The van der Waals surface area contributed by atoms with Crippen LogP contribution in [0.1, 0.15) is 5.56 Å². The zero-order valence-corrected chi connectivity index (χ0v) is 23.1. The van der Waals surface area contributed by atoms with Crippen LogP contribution in [0.25, 0.3) is 60.6 Å². The highest BCUT2D eigenvalue weighted by atomic mass is 32.2. The van der Waals surface area contributed by atoms with Crippen LogP contribution in [0.3, 0.4) is 0 Å². The number of rotatable bonds is 5. The minimum atomic E-state index is 0.909. The van der Waals surface area contributed by atoms with E-state index < -0.39 is 0 Å². The first-order chi connectivity index (χ1) is 20.2. The maximum Gasteiger partial charge on any atom is 0.0688 e. The molecule has 0 spiro atoms. The summed E-state index contributed by atoms with van der Waals surface area (Å²) < 4.78 is 4.75. The van der Waals surface area contributed by atoms with E-state index in [1.54, 1.807) is 12.4 Å². The monoisotopic (exact) mass is 543 g/mol. The van der Waals surface area contributed by atoms with E-state index in [-0.39, 0.29) is 0 Å². The van der Waals surface area contributed by atoms with Gasteiger partial charge in [-0.3, -0.25) is 4.98 Å². The third kappa shape index (κ3) is 3.58. The Morgan fingerprint density at radius 1 is 0.683 bits per heavy atom. The third-order valence-corrected chi connectivity index (χ3v) is 9.00. The molecule has 0 saturated heterocycles. The third-order valence-electron chi connectivity index (χ3n) is 7.90. The zero-order valence-electron chi connectivity index (χ0n) is 22.3. The lowest BCUT2D eigenvalue weighted by atomic mass is 10.1. The van der Waals surface area contributed by atoms with Gasteiger partial charge >= 0.3 is 0 Å². The van der Waals surface area contributed by atoms with Crippen LogP contribution in [0.5, 0.6) is 0 Å². The number of aromatic nitrogens is 3. The van der Waals surface area contributed by atoms with Crippen molar-refractivity contribution in [2.24, 2.45) is 0 Å². The first-order valence-corrected chi connectivity index (χ1v) is 14.4. The molecule has 0 bridgehead atoms. The number of para-hydroxylation sites is 3. The van der Waals surface area contributed by atoms with Gasteiger partial charge in [0.25, 0.3) is 0 Å². The molecule has 3 aromatic heterocycles. The summed E-state index contributed by atoms with van der Waals surface area (Å²) in [7, 11) is 0. The molecule has 7 aromatic rings. The second-order valence-electron chi connectivity index (χ2n) is 10.2. The van der Waals surface area contributed by atoms with E-state index in [0.29, 0.717) is 0 Å². The Balaban J connectivity index is 1.35. The molecule has 1 aliphatic heterocycles. The molecule has 41 heavy (non-hydrogen) atoms. The van der Waals surface area contributed by atoms with Gasteiger partial charge in [-0.05, 0) is 59.7 Å². The normalized spacial score (nSPS) is 12.8. The van der Waals surface area contributed by atoms with Crippen molar-refractivity contribution in [2.75, 3.05) is 0 Å². The van der Waals surface area contributed by atoms with Crippen molar-refractivity contribution < 1.29 is 0 Å². The van der Waals surface area contributed by atoms with Crippen molar-refractivity contribution in [3.8, 4) is 5.69 Å². The van der Waals surface area contributed by atoms with E-state index in [4.69, 9.17) is 0 Å². The Morgan fingerprint density at radius 3 is 2.20 bits per heavy atom. The molecule has 3 nitrogen and oxygen atoms in total. The fourth-order valence-electron chi connectivity index (χ4n) is 6.14. The Bertz CT molecular complexity index is 2260. The summed E-state index contributed by atoms with van der Waals surface area (Å²) >= 11 is 1.85. The van der Waals surface area contributed by atoms with Crippen molar-refractivity contribution >= 4 is 66.6 Å². The lowest BCUT2D eigenvalue weighted by molar-refractivity contribution is 1.09. The molecule has 1 aliphatic rings. The Morgan fingerprint density at radius 2 is 1.37 bits per heavy atom. The summed E-state index contributed by atoms with van der Waals surface area (Å²) in [5, 5.41) is 5.08. The number of fused-ring (bicyclic) bond motifs is 9. The van der Waals surface area contributed by atoms with Gasteiger partial charge in [0.05, 0.1) is 27.8 Å². The first kappa shape index (κ1) is 23.8. The minimum Gasteiger partial charge on any atom is -0.310 e. The molecule has 0 fully saturated rings. The van der Waals surface area contributed by atoms with E-state index in [1.807, 2.05) is 42.1 Å².